The van der Waals surface area contributed by atoms with Crippen LogP contribution < -0.4 is 0 Å². The molecule has 0 N–H and O–H groups in total. The molecule has 88 valence electrons. The number of hydrogen-bond donors (Lipinski definition) is 0. The molecule has 0 amide bonds. The monoisotopic (exact) mass is 246 g/mol. The standard InChI is InChI=1S/C13H14N2OS/c1-10-6-4-5-7-11(10)13(16)12(17-9-14)8-15(2)3/h4-8H,1-3H3/b12-8-. The first kappa shape index (κ1) is 13.3. The molecule has 0 spiro atoms. The van der Waals surface area contributed by atoms with Gasteiger partial charge in [0.15, 0.2) is 0 Å². The number of nitrogens with zero attached hydrogens (tertiary/aromatic N) is 2. The second-order valence-corrected chi connectivity index (χ2v) is 4.62. The fourth-order valence-electron chi connectivity index (χ4n) is 1.38. The van der Waals surface area contributed by atoms with Gasteiger partial charge in [-0.1, -0.05) is 24.3 Å². The molecule has 3 nitrogen and oxygen atoms in total. The van der Waals surface area contributed by atoms with Gasteiger partial charge in [-0.2, -0.15) is 5.26 Å². The number of ketones is 1. The van der Waals surface area contributed by atoms with E-state index in [-0.39, 0.29) is 5.78 Å². The number of Topliss-reactive ketones (excluding diaryl/α,β-unsaturated/α-hetero) is 1. The Morgan fingerprint density at radius 1 is 1.41 bits per heavy atom. The smallest absolute Gasteiger partial charge is 0.202 e. The number of allylic oxidation sites excluding steroid dienone is 1. The molecule has 0 radical (unpaired) electrons. The average molecular weight is 246 g/mol. The van der Waals surface area contributed by atoms with Crippen LogP contribution in [0.2, 0.25) is 0 Å². The van der Waals surface area contributed by atoms with Crippen LogP contribution in [0.4, 0.5) is 0 Å². The Bertz CT molecular complexity index is 486. The minimum absolute atomic E-state index is 0.108. The Hall–Kier alpha value is -1.73. The van der Waals surface area contributed by atoms with Crippen molar-refractivity contribution in [2.75, 3.05) is 14.1 Å². The fourth-order valence-corrected chi connectivity index (χ4v) is 1.94. The highest BCUT2D eigenvalue weighted by Gasteiger charge is 2.15. The van der Waals surface area contributed by atoms with E-state index < -0.39 is 0 Å². The van der Waals surface area contributed by atoms with Gasteiger partial charge < -0.3 is 4.90 Å². The molecule has 1 aromatic rings. The quantitative estimate of drug-likeness (QED) is 0.465. The highest BCUT2D eigenvalue weighted by molar-refractivity contribution is 8.08. The van der Waals surface area contributed by atoms with Crippen LogP contribution in [0, 0.1) is 17.6 Å². The normalized spacial score (nSPS) is 10.8. The minimum atomic E-state index is -0.108. The summed E-state index contributed by atoms with van der Waals surface area (Å²) < 4.78 is 0. The molecule has 0 saturated carbocycles. The number of carbonyl (C=O) groups is 1. The van der Waals surface area contributed by atoms with Gasteiger partial charge in [0.05, 0.1) is 4.91 Å². The summed E-state index contributed by atoms with van der Waals surface area (Å²) in [6.07, 6.45) is 1.67. The number of nitriles is 1. The van der Waals surface area contributed by atoms with E-state index in [1.54, 1.807) is 17.2 Å². The molecule has 1 aromatic carbocycles. The molecule has 0 saturated heterocycles. The van der Waals surface area contributed by atoms with Crippen LogP contribution in [0.25, 0.3) is 0 Å². The van der Waals surface area contributed by atoms with Gasteiger partial charge in [0.1, 0.15) is 5.40 Å². The maximum atomic E-state index is 12.2. The van der Waals surface area contributed by atoms with Crippen LogP contribution in [0.15, 0.2) is 35.4 Å². The van der Waals surface area contributed by atoms with Gasteiger partial charge in [-0.05, 0) is 24.2 Å². The van der Waals surface area contributed by atoms with Crippen LogP contribution in [0.1, 0.15) is 15.9 Å². The number of benzene rings is 1. The molecule has 0 heterocycles. The first-order valence-corrected chi connectivity index (χ1v) is 5.92. The van der Waals surface area contributed by atoms with E-state index in [0.717, 1.165) is 17.3 Å². The first-order valence-electron chi connectivity index (χ1n) is 5.10. The Morgan fingerprint density at radius 2 is 2.06 bits per heavy atom. The lowest BCUT2D eigenvalue weighted by molar-refractivity contribution is 0.104. The van der Waals surface area contributed by atoms with Crippen molar-refractivity contribution >= 4 is 17.5 Å². The third-order valence-corrected chi connectivity index (χ3v) is 2.75. The van der Waals surface area contributed by atoms with Gasteiger partial charge in [-0.3, -0.25) is 4.79 Å². The Kier molecular flexibility index (Phi) is 4.80. The van der Waals surface area contributed by atoms with Gasteiger partial charge in [-0.15, -0.1) is 0 Å². The van der Waals surface area contributed by atoms with E-state index >= 15 is 0 Å². The van der Waals surface area contributed by atoms with Crippen LogP contribution in [0.5, 0.6) is 0 Å². The molecule has 17 heavy (non-hydrogen) atoms. The molecule has 0 unspecified atom stereocenters. The van der Waals surface area contributed by atoms with Crippen molar-refractivity contribution in [3.63, 3.8) is 0 Å². The summed E-state index contributed by atoms with van der Waals surface area (Å²) in [6, 6.07) is 7.38. The summed E-state index contributed by atoms with van der Waals surface area (Å²) in [4.78, 5) is 14.4. The number of aryl methyl sites for hydroxylation is 1. The highest BCUT2D eigenvalue weighted by Crippen LogP contribution is 2.21. The van der Waals surface area contributed by atoms with Crippen molar-refractivity contribution in [1.82, 2.24) is 4.90 Å². The topological polar surface area (TPSA) is 44.1 Å². The lowest BCUT2D eigenvalue weighted by atomic mass is 10.0. The molecule has 0 aliphatic heterocycles. The average Bonchev–Trinajstić information content (AvgIpc) is 2.28. The third-order valence-electron chi connectivity index (χ3n) is 2.14. The summed E-state index contributed by atoms with van der Waals surface area (Å²) in [6.45, 7) is 1.89. The summed E-state index contributed by atoms with van der Waals surface area (Å²) >= 11 is 0.892. The second kappa shape index (κ2) is 6.12. The molecule has 4 heteroatoms. The van der Waals surface area contributed by atoms with Gasteiger partial charge in [0, 0.05) is 25.9 Å². The predicted molar refractivity (Wildman–Crippen MR) is 70.5 cm³/mol. The number of carbonyl (C=O) groups excluding carboxylic acids is 1. The Morgan fingerprint density at radius 3 is 2.59 bits per heavy atom. The summed E-state index contributed by atoms with van der Waals surface area (Å²) in [7, 11) is 3.64. The largest absolute Gasteiger partial charge is 0.382 e. The van der Waals surface area contributed by atoms with Crippen LogP contribution in [-0.2, 0) is 0 Å². The van der Waals surface area contributed by atoms with Gasteiger partial charge in [-0.25, -0.2) is 0 Å². The highest BCUT2D eigenvalue weighted by atomic mass is 32.2. The second-order valence-electron chi connectivity index (χ2n) is 3.79. The van der Waals surface area contributed by atoms with E-state index in [9.17, 15) is 4.79 Å². The van der Waals surface area contributed by atoms with E-state index in [1.807, 2.05) is 44.6 Å². The SMILES string of the molecule is Cc1ccccc1C(=O)/C(=C/N(C)C)SC#N. The van der Waals surface area contributed by atoms with Crippen molar-refractivity contribution in [2.24, 2.45) is 0 Å². The van der Waals surface area contributed by atoms with E-state index in [0.29, 0.717) is 10.5 Å². The number of rotatable bonds is 4. The van der Waals surface area contributed by atoms with E-state index in [4.69, 9.17) is 5.26 Å². The first-order chi connectivity index (χ1) is 8.06. The van der Waals surface area contributed by atoms with E-state index in [2.05, 4.69) is 0 Å². The van der Waals surface area contributed by atoms with Gasteiger partial charge in [0.25, 0.3) is 0 Å². The van der Waals surface area contributed by atoms with Crippen molar-refractivity contribution in [1.29, 1.82) is 5.26 Å². The molecule has 0 bridgehead atoms. The zero-order valence-electron chi connectivity index (χ0n) is 10.1. The number of thioether (sulfide) groups is 1. The van der Waals surface area contributed by atoms with Crippen LogP contribution >= 0.6 is 11.8 Å². The molecular weight excluding hydrogens is 232 g/mol. The lowest BCUT2D eigenvalue weighted by Gasteiger charge is -2.09. The third kappa shape index (κ3) is 3.65. The minimum Gasteiger partial charge on any atom is -0.382 e. The van der Waals surface area contributed by atoms with Gasteiger partial charge in [0.2, 0.25) is 5.78 Å². The van der Waals surface area contributed by atoms with Crippen LogP contribution in [-0.4, -0.2) is 24.8 Å². The zero-order valence-corrected chi connectivity index (χ0v) is 10.9. The maximum Gasteiger partial charge on any atom is 0.202 e. The number of hydrogen-bond acceptors (Lipinski definition) is 4. The molecule has 0 fully saturated rings. The molecular formula is C13H14N2OS. The molecule has 0 atom stereocenters. The molecule has 1 rings (SSSR count). The summed E-state index contributed by atoms with van der Waals surface area (Å²) in [5.41, 5.74) is 1.56. The fraction of sp³-hybridized carbons (Fsp3) is 0.231. The molecule has 0 aliphatic carbocycles. The predicted octanol–water partition coefficient (Wildman–Crippen LogP) is 2.80. The zero-order chi connectivity index (χ0) is 12.8. The van der Waals surface area contributed by atoms with Crippen molar-refractivity contribution < 1.29 is 4.79 Å². The maximum absolute atomic E-state index is 12.2. The molecule has 0 aromatic heterocycles. The van der Waals surface area contributed by atoms with Gasteiger partial charge >= 0.3 is 0 Å². The van der Waals surface area contributed by atoms with Crippen LogP contribution in [0.3, 0.4) is 0 Å². The Balaban J connectivity index is 3.10. The summed E-state index contributed by atoms with van der Waals surface area (Å²) in [5.74, 6) is -0.108. The Labute approximate surface area is 106 Å². The van der Waals surface area contributed by atoms with E-state index in [1.165, 1.54) is 0 Å². The summed E-state index contributed by atoms with van der Waals surface area (Å²) in [5, 5.41) is 10.7. The number of thiocyanates is 1. The van der Waals surface area contributed by atoms with Crippen molar-refractivity contribution in [2.45, 2.75) is 6.92 Å². The van der Waals surface area contributed by atoms with Crippen molar-refractivity contribution in [3.05, 3.63) is 46.5 Å². The van der Waals surface area contributed by atoms with Crippen molar-refractivity contribution in [3.8, 4) is 5.40 Å². The molecule has 0 aliphatic rings. The lowest BCUT2D eigenvalue weighted by Crippen LogP contribution is -2.08.